The van der Waals surface area contributed by atoms with Crippen LogP contribution in [-0.2, 0) is 0 Å². The summed E-state index contributed by atoms with van der Waals surface area (Å²) in [6, 6.07) is 0.599. The first-order chi connectivity index (χ1) is 7.57. The maximum Gasteiger partial charge on any atom is 0.317 e. The van der Waals surface area contributed by atoms with Gasteiger partial charge in [0.2, 0.25) is 0 Å². The largest absolute Gasteiger partial charge is 0.335 e. The van der Waals surface area contributed by atoms with Gasteiger partial charge in [-0.25, -0.2) is 4.79 Å². The van der Waals surface area contributed by atoms with Gasteiger partial charge >= 0.3 is 6.03 Å². The van der Waals surface area contributed by atoms with E-state index >= 15 is 0 Å². The minimum absolute atomic E-state index is 0.164. The summed E-state index contributed by atoms with van der Waals surface area (Å²) in [5.74, 6) is 0. The van der Waals surface area contributed by atoms with Crippen LogP contribution in [0.3, 0.4) is 0 Å². The predicted octanol–water partition coefficient (Wildman–Crippen LogP) is 2.76. The zero-order valence-electron chi connectivity index (χ0n) is 10.6. The third kappa shape index (κ3) is 2.89. The van der Waals surface area contributed by atoms with Crippen molar-refractivity contribution in [1.82, 2.24) is 10.2 Å². The summed E-state index contributed by atoms with van der Waals surface area (Å²) in [7, 11) is 0. The molecule has 1 saturated heterocycles. The number of rotatable bonds is 1. The highest BCUT2D eigenvalue weighted by atomic mass is 16.2. The van der Waals surface area contributed by atoms with Crippen LogP contribution in [0.5, 0.6) is 0 Å². The van der Waals surface area contributed by atoms with Crippen molar-refractivity contribution < 1.29 is 4.79 Å². The van der Waals surface area contributed by atoms with Crippen molar-refractivity contribution in [3.8, 4) is 0 Å². The number of urea groups is 1. The lowest BCUT2D eigenvalue weighted by atomic mass is 9.93. The lowest BCUT2D eigenvalue weighted by Crippen LogP contribution is -2.44. The summed E-state index contributed by atoms with van der Waals surface area (Å²) in [5.41, 5.74) is 0.309. The van der Waals surface area contributed by atoms with Gasteiger partial charge in [-0.1, -0.05) is 33.1 Å². The molecular weight excluding hydrogens is 200 g/mol. The van der Waals surface area contributed by atoms with E-state index in [-0.39, 0.29) is 6.03 Å². The monoisotopic (exact) mass is 224 g/mol. The zero-order chi connectivity index (χ0) is 11.6. The highest BCUT2D eigenvalue weighted by Gasteiger charge is 2.32. The number of hydrogen-bond donors (Lipinski definition) is 1. The average molecular weight is 224 g/mol. The number of likely N-dealkylation sites (tertiary alicyclic amines) is 1. The Morgan fingerprint density at radius 1 is 1.25 bits per heavy atom. The van der Waals surface area contributed by atoms with Gasteiger partial charge < -0.3 is 10.2 Å². The first-order valence-electron chi connectivity index (χ1n) is 6.62. The molecule has 92 valence electrons. The van der Waals surface area contributed by atoms with E-state index in [0.29, 0.717) is 11.5 Å². The van der Waals surface area contributed by atoms with Gasteiger partial charge in [-0.2, -0.15) is 0 Å². The molecule has 1 N–H and O–H groups in total. The van der Waals surface area contributed by atoms with Gasteiger partial charge in [0.15, 0.2) is 0 Å². The highest BCUT2D eigenvalue weighted by Crippen LogP contribution is 2.28. The normalized spacial score (nSPS) is 25.8. The van der Waals surface area contributed by atoms with Crippen LogP contribution in [0.1, 0.15) is 52.4 Å². The number of hydrogen-bond acceptors (Lipinski definition) is 1. The summed E-state index contributed by atoms with van der Waals surface area (Å²) in [6.45, 7) is 6.30. The molecule has 0 spiro atoms. The van der Waals surface area contributed by atoms with Gasteiger partial charge in [-0.3, -0.25) is 0 Å². The quantitative estimate of drug-likeness (QED) is 0.730. The van der Waals surface area contributed by atoms with Crippen LogP contribution in [0.4, 0.5) is 4.79 Å². The second-order valence-corrected chi connectivity index (χ2v) is 6.12. The molecule has 0 aromatic carbocycles. The molecule has 3 heteroatoms. The van der Waals surface area contributed by atoms with Crippen molar-refractivity contribution in [2.24, 2.45) is 5.41 Å². The highest BCUT2D eigenvalue weighted by molar-refractivity contribution is 5.74. The first kappa shape index (κ1) is 11.7. The van der Waals surface area contributed by atoms with E-state index in [1.165, 1.54) is 32.1 Å². The Kier molecular flexibility index (Phi) is 3.41. The van der Waals surface area contributed by atoms with Crippen LogP contribution in [0.25, 0.3) is 0 Å². The molecule has 2 amide bonds. The Hall–Kier alpha value is -0.730. The molecule has 0 aromatic heterocycles. The van der Waals surface area contributed by atoms with Gasteiger partial charge in [0.1, 0.15) is 0 Å². The molecule has 2 rings (SSSR count). The van der Waals surface area contributed by atoms with Crippen molar-refractivity contribution in [1.29, 1.82) is 0 Å². The molecule has 1 heterocycles. The second kappa shape index (κ2) is 4.64. The summed E-state index contributed by atoms with van der Waals surface area (Å²) in [4.78, 5) is 14.0. The van der Waals surface area contributed by atoms with Crippen molar-refractivity contribution in [2.75, 3.05) is 13.1 Å². The average Bonchev–Trinajstić information content (AvgIpc) is 2.60. The summed E-state index contributed by atoms with van der Waals surface area (Å²) in [5, 5.41) is 3.19. The van der Waals surface area contributed by atoms with E-state index < -0.39 is 0 Å². The summed E-state index contributed by atoms with van der Waals surface area (Å²) < 4.78 is 0. The van der Waals surface area contributed by atoms with Crippen LogP contribution in [0.2, 0.25) is 0 Å². The van der Waals surface area contributed by atoms with Gasteiger partial charge in [-0.05, 0) is 24.7 Å². The Morgan fingerprint density at radius 2 is 1.94 bits per heavy atom. The maximum atomic E-state index is 12.0. The predicted molar refractivity (Wildman–Crippen MR) is 65.4 cm³/mol. The number of nitrogens with zero attached hydrogens (tertiary/aromatic N) is 1. The molecule has 0 atom stereocenters. The number of nitrogens with one attached hydrogen (secondary N) is 1. The molecule has 0 radical (unpaired) electrons. The second-order valence-electron chi connectivity index (χ2n) is 6.12. The molecule has 0 aromatic rings. The van der Waals surface area contributed by atoms with E-state index in [1.807, 2.05) is 4.90 Å². The number of amides is 2. The summed E-state index contributed by atoms with van der Waals surface area (Å²) >= 11 is 0. The van der Waals surface area contributed by atoms with Crippen LogP contribution >= 0.6 is 0 Å². The molecule has 0 bridgehead atoms. The molecular formula is C13H24N2O. The van der Waals surface area contributed by atoms with E-state index in [0.717, 1.165) is 19.5 Å². The molecule has 1 aliphatic heterocycles. The summed E-state index contributed by atoms with van der Waals surface area (Å²) in [6.07, 6.45) is 7.35. The Bertz CT molecular complexity index is 257. The molecule has 2 fully saturated rings. The van der Waals surface area contributed by atoms with Crippen molar-refractivity contribution in [2.45, 2.75) is 58.4 Å². The zero-order valence-corrected chi connectivity index (χ0v) is 10.6. The third-order valence-electron chi connectivity index (χ3n) is 3.90. The Balaban J connectivity index is 1.79. The lowest BCUT2D eigenvalue weighted by Gasteiger charge is -2.26. The molecule has 16 heavy (non-hydrogen) atoms. The molecule has 0 unspecified atom stereocenters. The molecule has 1 saturated carbocycles. The minimum Gasteiger partial charge on any atom is -0.335 e. The third-order valence-corrected chi connectivity index (χ3v) is 3.90. The van der Waals surface area contributed by atoms with Crippen molar-refractivity contribution in [3.05, 3.63) is 0 Å². The SMILES string of the molecule is CC1(C)CCN(C(=O)NC2CCCCC2)C1. The molecule has 3 nitrogen and oxygen atoms in total. The smallest absolute Gasteiger partial charge is 0.317 e. The van der Waals surface area contributed by atoms with Crippen LogP contribution in [0.15, 0.2) is 0 Å². The van der Waals surface area contributed by atoms with E-state index in [9.17, 15) is 4.79 Å². The van der Waals surface area contributed by atoms with Gasteiger partial charge in [0.05, 0.1) is 0 Å². The lowest BCUT2D eigenvalue weighted by molar-refractivity contribution is 0.195. The maximum absolute atomic E-state index is 12.0. The van der Waals surface area contributed by atoms with Crippen LogP contribution < -0.4 is 5.32 Å². The topological polar surface area (TPSA) is 32.3 Å². The Morgan fingerprint density at radius 3 is 2.50 bits per heavy atom. The fourth-order valence-corrected chi connectivity index (χ4v) is 2.80. The molecule has 1 aliphatic carbocycles. The van der Waals surface area contributed by atoms with Crippen molar-refractivity contribution >= 4 is 6.03 Å². The van der Waals surface area contributed by atoms with Crippen molar-refractivity contribution in [3.63, 3.8) is 0 Å². The van der Waals surface area contributed by atoms with Crippen LogP contribution in [0, 0.1) is 5.41 Å². The number of carbonyl (C=O) groups is 1. The Labute approximate surface area is 98.6 Å². The van der Waals surface area contributed by atoms with E-state index in [4.69, 9.17) is 0 Å². The minimum atomic E-state index is 0.164. The van der Waals surface area contributed by atoms with Gasteiger partial charge in [0, 0.05) is 19.1 Å². The molecule has 2 aliphatic rings. The van der Waals surface area contributed by atoms with Gasteiger partial charge in [-0.15, -0.1) is 0 Å². The standard InChI is InChI=1S/C13H24N2O/c1-13(2)8-9-15(10-13)12(16)14-11-6-4-3-5-7-11/h11H,3-10H2,1-2H3,(H,14,16). The fraction of sp³-hybridized carbons (Fsp3) is 0.923. The van der Waals surface area contributed by atoms with Gasteiger partial charge in [0.25, 0.3) is 0 Å². The number of carbonyl (C=O) groups excluding carboxylic acids is 1. The fourth-order valence-electron chi connectivity index (χ4n) is 2.80. The first-order valence-corrected chi connectivity index (χ1v) is 6.62. The van der Waals surface area contributed by atoms with Crippen LogP contribution in [-0.4, -0.2) is 30.1 Å². The van der Waals surface area contributed by atoms with E-state index in [2.05, 4.69) is 19.2 Å². The van der Waals surface area contributed by atoms with E-state index in [1.54, 1.807) is 0 Å².